The van der Waals surface area contributed by atoms with Crippen LogP contribution in [0, 0.1) is 11.8 Å². The number of allylic oxidation sites excluding steroid dienone is 1. The van der Waals surface area contributed by atoms with Crippen molar-refractivity contribution < 1.29 is 0 Å². The molecule has 0 amide bonds. The van der Waals surface area contributed by atoms with Gasteiger partial charge in [0.1, 0.15) is 0 Å². The molecule has 0 heteroatoms. The largest absolute Gasteiger partial charge is 0.103 e. The summed E-state index contributed by atoms with van der Waals surface area (Å²) in [6.07, 6.45) is 7.51. The van der Waals surface area contributed by atoms with Crippen LogP contribution in [0.4, 0.5) is 0 Å². The molecule has 0 nitrogen and oxygen atoms in total. The summed E-state index contributed by atoms with van der Waals surface area (Å²) in [5.41, 5.74) is 0. The molecule has 0 heterocycles. The molecule has 0 spiro atoms. The van der Waals surface area contributed by atoms with Gasteiger partial charge in [0.2, 0.25) is 0 Å². The Morgan fingerprint density at radius 3 is 2.78 bits per heavy atom. The molecule has 1 saturated carbocycles. The second-order valence-electron chi connectivity index (χ2n) is 3.19. The molecule has 1 rings (SSSR count). The summed E-state index contributed by atoms with van der Waals surface area (Å²) in [7, 11) is 0. The van der Waals surface area contributed by atoms with E-state index in [9.17, 15) is 0 Å². The minimum absolute atomic E-state index is 1.04. The lowest BCUT2D eigenvalue weighted by Crippen LogP contribution is -1.78. The van der Waals surface area contributed by atoms with Gasteiger partial charge in [0, 0.05) is 0 Å². The van der Waals surface area contributed by atoms with Crippen molar-refractivity contribution in [2.45, 2.75) is 32.6 Å². The van der Waals surface area contributed by atoms with Gasteiger partial charge in [-0.05, 0) is 37.5 Å². The van der Waals surface area contributed by atoms with Gasteiger partial charge < -0.3 is 0 Å². The zero-order valence-electron chi connectivity index (χ0n) is 6.27. The summed E-state index contributed by atoms with van der Waals surface area (Å²) in [6, 6.07) is 0. The Morgan fingerprint density at radius 2 is 2.33 bits per heavy atom. The Kier molecular flexibility index (Phi) is 2.32. The first-order valence-electron chi connectivity index (χ1n) is 3.95. The summed E-state index contributed by atoms with van der Waals surface area (Å²) in [5.74, 6) is 2.11. The van der Waals surface area contributed by atoms with E-state index in [0.717, 1.165) is 11.8 Å². The lowest BCUT2D eigenvalue weighted by molar-refractivity contribution is 0.636. The maximum atomic E-state index is 3.70. The molecule has 0 aromatic carbocycles. The lowest BCUT2D eigenvalue weighted by Gasteiger charge is -1.92. The fourth-order valence-corrected chi connectivity index (χ4v) is 1.33. The van der Waals surface area contributed by atoms with Crippen molar-refractivity contribution in [2.75, 3.05) is 0 Å². The highest BCUT2D eigenvalue weighted by Crippen LogP contribution is 2.41. The van der Waals surface area contributed by atoms with Crippen molar-refractivity contribution in [1.29, 1.82) is 0 Å². The van der Waals surface area contributed by atoms with Crippen molar-refractivity contribution >= 4 is 0 Å². The quantitative estimate of drug-likeness (QED) is 0.399. The van der Waals surface area contributed by atoms with E-state index >= 15 is 0 Å². The van der Waals surface area contributed by atoms with Crippen LogP contribution < -0.4 is 0 Å². The molecule has 0 N–H and O–H groups in total. The molecule has 1 aliphatic carbocycles. The second-order valence-corrected chi connectivity index (χ2v) is 3.19. The van der Waals surface area contributed by atoms with Crippen molar-refractivity contribution in [2.24, 2.45) is 11.8 Å². The number of hydrogen-bond donors (Lipinski definition) is 0. The van der Waals surface area contributed by atoms with Crippen LogP contribution in [0.3, 0.4) is 0 Å². The van der Waals surface area contributed by atoms with E-state index in [1.807, 2.05) is 6.08 Å². The lowest BCUT2D eigenvalue weighted by atomic mass is 10.1. The minimum Gasteiger partial charge on any atom is -0.103 e. The normalized spacial score (nSPS) is 32.1. The molecule has 0 bridgehead atoms. The van der Waals surface area contributed by atoms with Crippen LogP contribution in [0.2, 0.25) is 0 Å². The fraction of sp³-hybridized carbons (Fsp3) is 0.778. The van der Waals surface area contributed by atoms with E-state index in [4.69, 9.17) is 0 Å². The third-order valence-corrected chi connectivity index (χ3v) is 2.26. The minimum atomic E-state index is 1.04. The molecular weight excluding hydrogens is 108 g/mol. The first-order valence-corrected chi connectivity index (χ1v) is 3.95. The van der Waals surface area contributed by atoms with Crippen LogP contribution in [-0.4, -0.2) is 0 Å². The molecule has 0 aromatic heterocycles. The monoisotopic (exact) mass is 124 g/mol. The highest BCUT2D eigenvalue weighted by Gasteiger charge is 2.30. The van der Waals surface area contributed by atoms with Crippen LogP contribution in [0.5, 0.6) is 0 Å². The summed E-state index contributed by atoms with van der Waals surface area (Å²) in [6.45, 7) is 6.04. The number of rotatable bonds is 4. The second kappa shape index (κ2) is 3.05. The van der Waals surface area contributed by atoms with Gasteiger partial charge in [0.05, 0.1) is 0 Å². The summed E-state index contributed by atoms with van der Waals surface area (Å²) in [5, 5.41) is 0. The van der Waals surface area contributed by atoms with Crippen LogP contribution in [0.15, 0.2) is 12.7 Å². The Balaban J connectivity index is 1.88. The van der Waals surface area contributed by atoms with Crippen LogP contribution >= 0.6 is 0 Å². The van der Waals surface area contributed by atoms with Crippen LogP contribution in [0.25, 0.3) is 0 Å². The van der Waals surface area contributed by atoms with Gasteiger partial charge in [0.15, 0.2) is 0 Å². The first kappa shape index (κ1) is 6.85. The first-order chi connectivity index (χ1) is 4.34. The van der Waals surface area contributed by atoms with E-state index in [1.54, 1.807) is 0 Å². The molecule has 0 aromatic rings. The summed E-state index contributed by atoms with van der Waals surface area (Å²) < 4.78 is 0. The van der Waals surface area contributed by atoms with E-state index in [2.05, 4.69) is 13.5 Å². The highest BCUT2D eigenvalue weighted by atomic mass is 14.4. The molecule has 0 radical (unpaired) electrons. The molecule has 0 aliphatic heterocycles. The van der Waals surface area contributed by atoms with Crippen molar-refractivity contribution in [3.8, 4) is 0 Å². The van der Waals surface area contributed by atoms with Gasteiger partial charge in [0.25, 0.3) is 0 Å². The topological polar surface area (TPSA) is 0 Å². The Hall–Kier alpha value is -0.260. The Bertz CT molecular complexity index is 94.2. The van der Waals surface area contributed by atoms with E-state index in [1.165, 1.54) is 25.7 Å². The van der Waals surface area contributed by atoms with Gasteiger partial charge in [-0.15, -0.1) is 6.58 Å². The predicted molar refractivity (Wildman–Crippen MR) is 41.3 cm³/mol. The maximum absolute atomic E-state index is 3.70. The number of unbranched alkanes of at least 4 members (excludes halogenated alkanes) is 1. The maximum Gasteiger partial charge on any atom is -0.0353 e. The number of hydrogen-bond acceptors (Lipinski definition) is 0. The zero-order chi connectivity index (χ0) is 6.69. The molecular formula is C9H16. The zero-order valence-corrected chi connectivity index (χ0v) is 6.27. The van der Waals surface area contributed by atoms with Crippen molar-refractivity contribution in [3.63, 3.8) is 0 Å². The molecule has 2 atom stereocenters. The molecule has 0 saturated heterocycles. The van der Waals surface area contributed by atoms with E-state index in [-0.39, 0.29) is 0 Å². The van der Waals surface area contributed by atoms with Gasteiger partial charge in [-0.1, -0.05) is 13.0 Å². The summed E-state index contributed by atoms with van der Waals surface area (Å²) in [4.78, 5) is 0. The Labute approximate surface area is 58.0 Å². The van der Waals surface area contributed by atoms with Gasteiger partial charge >= 0.3 is 0 Å². The fourth-order valence-electron chi connectivity index (χ4n) is 1.33. The van der Waals surface area contributed by atoms with Crippen LogP contribution in [-0.2, 0) is 0 Å². The summed E-state index contributed by atoms with van der Waals surface area (Å²) >= 11 is 0. The smallest absolute Gasteiger partial charge is 0.0353 e. The molecule has 52 valence electrons. The van der Waals surface area contributed by atoms with E-state index in [0.29, 0.717) is 0 Å². The molecule has 0 unspecified atom stereocenters. The molecule has 1 aliphatic rings. The standard InChI is InChI=1S/C9H16/c1-3-4-5-6-9-7-8(9)2/h3,8-9H,1,4-7H2,2H3/t8-,9-/m0/s1. The Morgan fingerprint density at radius 1 is 1.67 bits per heavy atom. The SMILES string of the molecule is C=CCCC[C@H]1C[C@@H]1C. The van der Waals surface area contributed by atoms with Gasteiger partial charge in [-0.3, -0.25) is 0 Å². The van der Waals surface area contributed by atoms with Crippen molar-refractivity contribution in [1.82, 2.24) is 0 Å². The average molecular weight is 124 g/mol. The van der Waals surface area contributed by atoms with E-state index < -0.39 is 0 Å². The van der Waals surface area contributed by atoms with Crippen molar-refractivity contribution in [3.05, 3.63) is 12.7 Å². The molecule has 9 heavy (non-hydrogen) atoms. The third-order valence-electron chi connectivity index (χ3n) is 2.26. The third kappa shape index (κ3) is 2.21. The van der Waals surface area contributed by atoms with Crippen LogP contribution in [0.1, 0.15) is 32.6 Å². The molecule has 1 fully saturated rings. The average Bonchev–Trinajstić information content (AvgIpc) is 2.48. The predicted octanol–water partition coefficient (Wildman–Crippen LogP) is 3.00. The van der Waals surface area contributed by atoms with Gasteiger partial charge in [-0.2, -0.15) is 0 Å². The highest BCUT2D eigenvalue weighted by molar-refractivity contribution is 4.82. The van der Waals surface area contributed by atoms with Gasteiger partial charge in [-0.25, -0.2) is 0 Å².